The summed E-state index contributed by atoms with van der Waals surface area (Å²) in [6.45, 7) is 0. The Morgan fingerprint density at radius 1 is 1.00 bits per heavy atom. The normalized spacial score (nSPS) is 12.1. The van der Waals surface area contributed by atoms with Crippen molar-refractivity contribution < 1.29 is 13.6 Å². The summed E-state index contributed by atoms with van der Waals surface area (Å²) in [5, 5.41) is 0. The zero-order chi connectivity index (χ0) is 12.3. The molecule has 0 saturated heterocycles. The molecule has 1 N–H and O–H groups in total. The molecule has 1 atom stereocenters. The van der Waals surface area contributed by atoms with Gasteiger partial charge in [-0.3, -0.25) is 9.78 Å². The molecule has 0 aliphatic carbocycles. The Morgan fingerprint density at radius 3 is 2.06 bits per heavy atom. The van der Waals surface area contributed by atoms with Gasteiger partial charge in [0.25, 0.3) is 0 Å². The molecule has 17 heavy (non-hydrogen) atoms. The zero-order valence-electron chi connectivity index (χ0n) is 8.74. The molecule has 1 aromatic carbocycles. The van der Waals surface area contributed by atoms with Gasteiger partial charge in [-0.2, -0.15) is 0 Å². The van der Waals surface area contributed by atoms with Crippen LogP contribution >= 0.6 is 0 Å². The molecule has 0 radical (unpaired) electrons. The number of rotatable bonds is 3. The molecule has 2 aromatic rings. The third-order valence-corrected chi connectivity index (χ3v) is 2.94. The van der Waals surface area contributed by atoms with Gasteiger partial charge in [0, 0.05) is 23.5 Å². The van der Waals surface area contributed by atoms with Gasteiger partial charge in [0.05, 0.1) is 4.90 Å². The molecular weight excluding hydrogens is 238 g/mol. The molecule has 0 aliphatic rings. The van der Waals surface area contributed by atoms with Crippen LogP contribution < -0.4 is 0 Å². The van der Waals surface area contributed by atoms with E-state index in [1.807, 2.05) is 0 Å². The lowest BCUT2D eigenvalue weighted by Gasteiger charge is -2.01. The second kappa shape index (κ2) is 4.99. The standard InChI is InChI=1S/C12H9NO3S/c14-12(10-5-7-13-8-6-10)9-1-3-11(4-2-9)17(15)16/h1-8H,(H,15,16). The second-order valence-corrected chi connectivity index (χ2v) is 4.31. The first-order chi connectivity index (χ1) is 8.18. The monoisotopic (exact) mass is 247 g/mol. The van der Waals surface area contributed by atoms with Crippen LogP contribution in [0, 0.1) is 0 Å². The summed E-state index contributed by atoms with van der Waals surface area (Å²) in [6, 6.07) is 9.24. The molecule has 0 spiro atoms. The van der Waals surface area contributed by atoms with Crippen molar-refractivity contribution in [2.75, 3.05) is 0 Å². The van der Waals surface area contributed by atoms with Crippen molar-refractivity contribution in [2.45, 2.75) is 4.90 Å². The van der Waals surface area contributed by atoms with Gasteiger partial charge < -0.3 is 4.55 Å². The van der Waals surface area contributed by atoms with E-state index in [1.165, 1.54) is 24.3 Å². The molecule has 1 unspecified atom stereocenters. The number of hydrogen-bond donors (Lipinski definition) is 1. The Hall–Kier alpha value is -1.85. The van der Waals surface area contributed by atoms with Crippen molar-refractivity contribution in [1.82, 2.24) is 4.98 Å². The Labute approximate surface area is 101 Å². The lowest BCUT2D eigenvalue weighted by Crippen LogP contribution is -2.01. The van der Waals surface area contributed by atoms with Crippen LogP contribution in [-0.4, -0.2) is 19.5 Å². The van der Waals surface area contributed by atoms with Gasteiger partial charge >= 0.3 is 0 Å². The Balaban J connectivity index is 2.30. The highest BCUT2D eigenvalue weighted by Gasteiger charge is 2.09. The van der Waals surface area contributed by atoms with E-state index in [0.717, 1.165) is 0 Å². The summed E-state index contributed by atoms with van der Waals surface area (Å²) in [5.74, 6) is -0.136. The van der Waals surface area contributed by atoms with E-state index < -0.39 is 11.1 Å². The highest BCUT2D eigenvalue weighted by molar-refractivity contribution is 7.79. The third-order valence-electron chi connectivity index (χ3n) is 2.26. The Morgan fingerprint density at radius 2 is 1.53 bits per heavy atom. The van der Waals surface area contributed by atoms with Crippen LogP contribution in [0.3, 0.4) is 0 Å². The summed E-state index contributed by atoms with van der Waals surface area (Å²) in [6.07, 6.45) is 3.09. The van der Waals surface area contributed by atoms with Gasteiger partial charge in [-0.25, -0.2) is 4.21 Å². The molecule has 1 aromatic heterocycles. The average Bonchev–Trinajstić information content (AvgIpc) is 2.39. The highest BCUT2D eigenvalue weighted by atomic mass is 32.2. The van der Waals surface area contributed by atoms with Crippen molar-refractivity contribution >= 4 is 16.9 Å². The molecule has 0 bridgehead atoms. The van der Waals surface area contributed by atoms with Gasteiger partial charge in [0.1, 0.15) is 0 Å². The largest absolute Gasteiger partial charge is 0.302 e. The van der Waals surface area contributed by atoms with E-state index in [9.17, 15) is 9.00 Å². The summed E-state index contributed by atoms with van der Waals surface area (Å²) in [5.41, 5.74) is 1.02. The second-order valence-electron chi connectivity index (χ2n) is 3.34. The smallest absolute Gasteiger partial charge is 0.193 e. The van der Waals surface area contributed by atoms with E-state index in [1.54, 1.807) is 24.5 Å². The summed E-state index contributed by atoms with van der Waals surface area (Å²) < 4.78 is 19.6. The quantitative estimate of drug-likeness (QED) is 0.664. The van der Waals surface area contributed by atoms with Crippen LogP contribution in [0.4, 0.5) is 0 Å². The van der Waals surface area contributed by atoms with E-state index >= 15 is 0 Å². The minimum atomic E-state index is -2.02. The number of nitrogens with zero attached hydrogens (tertiary/aromatic N) is 1. The van der Waals surface area contributed by atoms with Gasteiger partial charge in [-0.05, 0) is 36.4 Å². The maximum Gasteiger partial charge on any atom is 0.193 e. The maximum atomic E-state index is 12.0. The van der Waals surface area contributed by atoms with Crippen molar-refractivity contribution in [1.29, 1.82) is 0 Å². The van der Waals surface area contributed by atoms with Gasteiger partial charge in [0.15, 0.2) is 16.9 Å². The molecule has 5 heteroatoms. The predicted molar refractivity (Wildman–Crippen MR) is 63.1 cm³/mol. The Kier molecular flexibility index (Phi) is 3.41. The number of ketones is 1. The van der Waals surface area contributed by atoms with Crippen molar-refractivity contribution in [3.8, 4) is 0 Å². The lowest BCUT2D eigenvalue weighted by molar-refractivity contribution is 0.103. The topological polar surface area (TPSA) is 67.3 Å². The van der Waals surface area contributed by atoms with E-state index in [0.29, 0.717) is 11.1 Å². The average molecular weight is 247 g/mol. The van der Waals surface area contributed by atoms with Crippen molar-refractivity contribution in [2.24, 2.45) is 0 Å². The van der Waals surface area contributed by atoms with Crippen LogP contribution in [0.2, 0.25) is 0 Å². The number of carbonyl (C=O) groups excluding carboxylic acids is 1. The molecular formula is C12H9NO3S. The number of benzene rings is 1. The van der Waals surface area contributed by atoms with E-state index in [2.05, 4.69) is 4.98 Å². The fourth-order valence-electron chi connectivity index (χ4n) is 1.39. The van der Waals surface area contributed by atoms with Crippen molar-refractivity contribution in [3.05, 3.63) is 59.9 Å². The summed E-state index contributed by atoms with van der Waals surface area (Å²) in [7, 11) is 0. The molecule has 0 amide bonds. The van der Waals surface area contributed by atoms with E-state index in [4.69, 9.17) is 4.55 Å². The van der Waals surface area contributed by atoms with Gasteiger partial charge in [0.2, 0.25) is 0 Å². The van der Waals surface area contributed by atoms with Crippen LogP contribution in [0.1, 0.15) is 15.9 Å². The molecule has 0 saturated carbocycles. The highest BCUT2D eigenvalue weighted by Crippen LogP contribution is 2.11. The predicted octanol–water partition coefficient (Wildman–Crippen LogP) is 1.89. The van der Waals surface area contributed by atoms with Crippen LogP contribution in [0.15, 0.2) is 53.7 Å². The first kappa shape index (κ1) is 11.6. The fourth-order valence-corrected chi connectivity index (χ4v) is 1.76. The zero-order valence-corrected chi connectivity index (χ0v) is 9.55. The molecule has 2 rings (SSSR count). The summed E-state index contributed by atoms with van der Waals surface area (Å²) >= 11 is -2.02. The fraction of sp³-hybridized carbons (Fsp3) is 0. The molecule has 0 fully saturated rings. The molecule has 1 heterocycles. The molecule has 4 nitrogen and oxygen atoms in total. The molecule has 86 valence electrons. The molecule has 0 aliphatic heterocycles. The van der Waals surface area contributed by atoms with Crippen LogP contribution in [0.25, 0.3) is 0 Å². The van der Waals surface area contributed by atoms with Crippen LogP contribution in [-0.2, 0) is 11.1 Å². The minimum Gasteiger partial charge on any atom is -0.302 e. The first-order valence-electron chi connectivity index (χ1n) is 4.84. The maximum absolute atomic E-state index is 12.0. The SMILES string of the molecule is O=C(c1ccncc1)c1ccc(S(=O)O)cc1. The van der Waals surface area contributed by atoms with Gasteiger partial charge in [-0.15, -0.1) is 0 Å². The first-order valence-corrected chi connectivity index (χ1v) is 5.95. The lowest BCUT2D eigenvalue weighted by atomic mass is 10.1. The Bertz CT molecular complexity index is 552. The third kappa shape index (κ3) is 2.64. The van der Waals surface area contributed by atoms with Crippen molar-refractivity contribution in [3.63, 3.8) is 0 Å². The minimum absolute atomic E-state index is 0.136. The number of aromatic nitrogens is 1. The van der Waals surface area contributed by atoms with E-state index in [-0.39, 0.29) is 10.7 Å². The number of pyridine rings is 1. The summed E-state index contributed by atoms with van der Waals surface area (Å²) in [4.78, 5) is 16.1. The van der Waals surface area contributed by atoms with Gasteiger partial charge in [-0.1, -0.05) is 0 Å². The number of hydrogen-bond acceptors (Lipinski definition) is 3. The number of carbonyl (C=O) groups is 1. The van der Waals surface area contributed by atoms with Crippen LogP contribution in [0.5, 0.6) is 0 Å².